The highest BCUT2D eigenvalue weighted by molar-refractivity contribution is 5.80. The molecule has 0 saturated heterocycles. The lowest BCUT2D eigenvalue weighted by Gasteiger charge is -2.40. The molecule has 4 N–H and O–H groups in total. The van der Waals surface area contributed by atoms with E-state index in [4.69, 9.17) is 10.8 Å². The Balaban J connectivity index is 1.83. The maximum Gasteiger partial charge on any atom is 0.206 e. The normalized spacial score (nSPS) is 42.1. The Morgan fingerprint density at radius 1 is 1.22 bits per heavy atom. The fraction of sp³-hybridized carbons (Fsp3) is 0.929. The maximum absolute atomic E-state index is 5.61. The van der Waals surface area contributed by atoms with Crippen molar-refractivity contribution in [3.63, 3.8) is 0 Å². The molecule has 0 aromatic carbocycles. The molecule has 3 saturated carbocycles. The van der Waals surface area contributed by atoms with Crippen molar-refractivity contribution in [1.29, 1.82) is 0 Å². The zero-order valence-corrected chi connectivity index (χ0v) is 11.8. The maximum atomic E-state index is 5.61. The van der Waals surface area contributed by atoms with Gasteiger partial charge in [0.25, 0.3) is 0 Å². The number of rotatable bonds is 2. The van der Waals surface area contributed by atoms with Gasteiger partial charge in [-0.2, -0.15) is 0 Å². The van der Waals surface area contributed by atoms with Gasteiger partial charge in [-0.15, -0.1) is 0 Å². The second-order valence-electron chi connectivity index (χ2n) is 7.36. The van der Waals surface area contributed by atoms with Crippen molar-refractivity contribution in [3.05, 3.63) is 0 Å². The van der Waals surface area contributed by atoms with Gasteiger partial charge in [-0.3, -0.25) is 5.43 Å². The van der Waals surface area contributed by atoms with Crippen molar-refractivity contribution in [1.82, 2.24) is 10.7 Å². The number of hydrogen-bond donors (Lipinski definition) is 3. The van der Waals surface area contributed by atoms with Crippen molar-refractivity contribution < 1.29 is 0 Å². The van der Waals surface area contributed by atoms with Crippen LogP contribution in [0.25, 0.3) is 0 Å². The van der Waals surface area contributed by atoms with Crippen molar-refractivity contribution in [2.45, 2.75) is 65.0 Å². The van der Waals surface area contributed by atoms with Gasteiger partial charge < -0.3 is 5.32 Å². The lowest BCUT2D eigenvalue weighted by Crippen LogP contribution is -2.47. The van der Waals surface area contributed by atoms with E-state index in [0.717, 1.165) is 11.9 Å². The zero-order valence-electron chi connectivity index (χ0n) is 11.8. The molecule has 0 heterocycles. The van der Waals surface area contributed by atoms with Crippen LogP contribution in [-0.4, -0.2) is 18.0 Å². The summed E-state index contributed by atoms with van der Waals surface area (Å²) in [6, 6.07) is 0.982. The molecule has 3 aliphatic carbocycles. The summed E-state index contributed by atoms with van der Waals surface area (Å²) in [5.41, 5.74) is 3.44. The predicted octanol–water partition coefficient (Wildman–Crippen LogP) is 1.77. The third-order valence-electron chi connectivity index (χ3n) is 5.51. The van der Waals surface area contributed by atoms with Crippen molar-refractivity contribution in [2.75, 3.05) is 0 Å². The average molecular weight is 250 g/mol. The molecular formula is C14H26N4. The van der Waals surface area contributed by atoms with Gasteiger partial charge in [0.05, 0.1) is 6.04 Å². The Kier molecular flexibility index (Phi) is 2.63. The van der Waals surface area contributed by atoms with E-state index in [1.54, 1.807) is 0 Å². The monoisotopic (exact) mass is 250 g/mol. The van der Waals surface area contributed by atoms with E-state index in [2.05, 4.69) is 31.5 Å². The van der Waals surface area contributed by atoms with Gasteiger partial charge >= 0.3 is 0 Å². The van der Waals surface area contributed by atoms with Crippen LogP contribution in [0.1, 0.15) is 52.9 Å². The molecule has 0 aromatic rings. The van der Waals surface area contributed by atoms with Crippen LogP contribution in [0.3, 0.4) is 0 Å². The molecular weight excluding hydrogens is 224 g/mol. The topological polar surface area (TPSA) is 62.4 Å². The SMILES string of the molecule is CC12CCC(C1)C(C)(C)C2N=C(NN)NC1CC1. The summed E-state index contributed by atoms with van der Waals surface area (Å²) in [5, 5.41) is 3.40. The molecule has 4 nitrogen and oxygen atoms in total. The van der Waals surface area contributed by atoms with E-state index >= 15 is 0 Å². The average Bonchev–Trinajstić information content (AvgIpc) is 3.00. The highest BCUT2D eigenvalue weighted by atomic mass is 15.3. The lowest BCUT2D eigenvalue weighted by atomic mass is 9.69. The summed E-state index contributed by atoms with van der Waals surface area (Å²) in [5.74, 6) is 7.24. The second-order valence-corrected chi connectivity index (χ2v) is 7.36. The Morgan fingerprint density at radius 3 is 2.44 bits per heavy atom. The number of fused-ring (bicyclic) bond motifs is 2. The highest BCUT2D eigenvalue weighted by Gasteiger charge is 2.59. The van der Waals surface area contributed by atoms with Crippen LogP contribution in [0.2, 0.25) is 0 Å². The molecule has 0 amide bonds. The van der Waals surface area contributed by atoms with Gasteiger partial charge in [0, 0.05) is 6.04 Å². The van der Waals surface area contributed by atoms with Crippen molar-refractivity contribution in [2.24, 2.45) is 27.6 Å². The third kappa shape index (κ3) is 1.81. The van der Waals surface area contributed by atoms with Gasteiger partial charge in [0.2, 0.25) is 5.96 Å². The largest absolute Gasteiger partial charge is 0.353 e. The first-order valence-electron chi connectivity index (χ1n) is 7.27. The molecule has 0 aliphatic heterocycles. The minimum atomic E-state index is 0.306. The van der Waals surface area contributed by atoms with E-state index in [1.165, 1.54) is 32.1 Å². The van der Waals surface area contributed by atoms with Gasteiger partial charge in [-0.25, -0.2) is 10.8 Å². The molecule has 0 radical (unpaired) electrons. The highest BCUT2D eigenvalue weighted by Crippen LogP contribution is 2.63. The minimum Gasteiger partial charge on any atom is -0.353 e. The van der Waals surface area contributed by atoms with Gasteiger partial charge in [0.15, 0.2) is 0 Å². The Bertz CT molecular complexity index is 367. The summed E-state index contributed by atoms with van der Waals surface area (Å²) >= 11 is 0. The van der Waals surface area contributed by atoms with Gasteiger partial charge in [-0.1, -0.05) is 20.8 Å². The van der Waals surface area contributed by atoms with Gasteiger partial charge in [-0.05, 0) is 48.9 Å². The molecule has 3 rings (SSSR count). The van der Waals surface area contributed by atoms with E-state index in [-0.39, 0.29) is 0 Å². The van der Waals surface area contributed by atoms with Crippen LogP contribution < -0.4 is 16.6 Å². The second kappa shape index (κ2) is 3.86. The minimum absolute atomic E-state index is 0.306. The van der Waals surface area contributed by atoms with Crippen LogP contribution in [0.5, 0.6) is 0 Å². The summed E-state index contributed by atoms with van der Waals surface area (Å²) < 4.78 is 0. The first kappa shape index (κ1) is 12.3. The summed E-state index contributed by atoms with van der Waals surface area (Å²) in [4.78, 5) is 4.95. The van der Waals surface area contributed by atoms with Crippen molar-refractivity contribution >= 4 is 5.96 Å². The Labute approximate surface area is 110 Å². The smallest absolute Gasteiger partial charge is 0.206 e. The molecule has 3 atom stereocenters. The number of guanidine groups is 1. The van der Waals surface area contributed by atoms with Crippen LogP contribution in [-0.2, 0) is 0 Å². The Hall–Kier alpha value is -0.770. The van der Waals surface area contributed by atoms with Crippen molar-refractivity contribution in [3.8, 4) is 0 Å². The fourth-order valence-corrected chi connectivity index (χ4v) is 4.26. The lowest BCUT2D eigenvalue weighted by molar-refractivity contribution is 0.142. The molecule has 3 unspecified atom stereocenters. The zero-order chi connectivity index (χ0) is 13.0. The molecule has 2 bridgehead atoms. The van der Waals surface area contributed by atoms with Crippen LogP contribution in [0.4, 0.5) is 0 Å². The third-order valence-corrected chi connectivity index (χ3v) is 5.51. The molecule has 18 heavy (non-hydrogen) atoms. The van der Waals surface area contributed by atoms with Crippen LogP contribution in [0.15, 0.2) is 4.99 Å². The summed E-state index contributed by atoms with van der Waals surface area (Å²) in [7, 11) is 0. The van der Waals surface area contributed by atoms with Gasteiger partial charge in [0.1, 0.15) is 0 Å². The fourth-order valence-electron chi connectivity index (χ4n) is 4.26. The molecule has 3 fully saturated rings. The number of hydrogen-bond acceptors (Lipinski definition) is 2. The summed E-state index contributed by atoms with van der Waals surface area (Å²) in [6.07, 6.45) is 6.51. The first-order chi connectivity index (χ1) is 8.45. The first-order valence-corrected chi connectivity index (χ1v) is 7.27. The molecule has 0 aromatic heterocycles. The van der Waals surface area contributed by atoms with E-state index in [9.17, 15) is 0 Å². The molecule has 0 spiro atoms. The number of hydrazine groups is 1. The number of aliphatic imine (C=N–C) groups is 1. The summed E-state index contributed by atoms with van der Waals surface area (Å²) in [6.45, 7) is 7.16. The molecule has 102 valence electrons. The number of nitrogens with two attached hydrogens (primary N) is 1. The predicted molar refractivity (Wildman–Crippen MR) is 73.9 cm³/mol. The van der Waals surface area contributed by atoms with E-state index in [0.29, 0.717) is 22.9 Å². The van der Waals surface area contributed by atoms with E-state index in [1.807, 2.05) is 0 Å². The molecule has 3 aliphatic rings. The molecule has 4 heteroatoms. The van der Waals surface area contributed by atoms with E-state index < -0.39 is 0 Å². The number of nitrogens with zero attached hydrogens (tertiary/aromatic N) is 1. The van der Waals surface area contributed by atoms with Crippen LogP contribution in [0, 0.1) is 16.7 Å². The van der Waals surface area contributed by atoms with Crippen LogP contribution >= 0.6 is 0 Å². The number of nitrogens with one attached hydrogen (secondary N) is 2. The standard InChI is InChI=1S/C14H26N4/c1-13(2)9-6-7-14(3,8-9)11(13)17-12(18-15)16-10-4-5-10/h9-11H,4-8,15H2,1-3H3,(H2,16,17,18). The quantitative estimate of drug-likeness (QED) is 0.303. The Morgan fingerprint density at radius 2 is 1.94 bits per heavy atom.